The second-order valence-corrected chi connectivity index (χ2v) is 6.25. The topological polar surface area (TPSA) is 65.1 Å². The molecule has 3 N–H and O–H groups in total. The van der Waals surface area contributed by atoms with Gasteiger partial charge in [0.25, 0.3) is 0 Å². The number of para-hydroxylation sites is 1. The van der Waals surface area contributed by atoms with Crippen LogP contribution in [0.25, 0.3) is 10.9 Å². The molecule has 1 aromatic heterocycles. The van der Waals surface area contributed by atoms with Crippen molar-refractivity contribution in [3.8, 4) is 0 Å². The van der Waals surface area contributed by atoms with E-state index in [1.807, 2.05) is 48.5 Å². The molecule has 3 aromatic rings. The minimum absolute atomic E-state index is 0.190. The van der Waals surface area contributed by atoms with Crippen molar-refractivity contribution >= 4 is 28.5 Å². The fourth-order valence-electron chi connectivity index (χ4n) is 3.31. The molecule has 0 spiro atoms. The molecule has 2 aromatic carbocycles. The number of carboxylic acid groups (broad SMARTS) is 1. The molecule has 0 aliphatic carbocycles. The molecule has 4 rings (SSSR count). The summed E-state index contributed by atoms with van der Waals surface area (Å²) in [6.45, 7) is 0. The number of fused-ring (bicyclic) bond motifs is 3. The summed E-state index contributed by atoms with van der Waals surface area (Å²) in [5.74, 6) is -0.833. The number of aromatic nitrogens is 1. The number of benzene rings is 2. The molecule has 0 radical (unpaired) electrons. The van der Waals surface area contributed by atoms with Gasteiger partial charge in [0.1, 0.15) is 6.04 Å². The molecule has 0 amide bonds. The van der Waals surface area contributed by atoms with Gasteiger partial charge in [0.05, 0.1) is 6.04 Å². The summed E-state index contributed by atoms with van der Waals surface area (Å²) in [6.07, 6.45) is 0.471. The average molecular weight is 327 g/mol. The van der Waals surface area contributed by atoms with Crippen molar-refractivity contribution in [3.05, 3.63) is 70.4 Å². The summed E-state index contributed by atoms with van der Waals surface area (Å²) in [6, 6.07) is 14.7. The van der Waals surface area contributed by atoms with Gasteiger partial charge in [0, 0.05) is 28.0 Å². The zero-order valence-corrected chi connectivity index (χ0v) is 13.0. The summed E-state index contributed by atoms with van der Waals surface area (Å²) in [5.41, 5.74) is 4.13. The van der Waals surface area contributed by atoms with Crippen LogP contribution in [0.15, 0.2) is 48.5 Å². The van der Waals surface area contributed by atoms with E-state index in [2.05, 4.69) is 10.3 Å². The average Bonchev–Trinajstić information content (AvgIpc) is 2.93. The molecular formula is C18H15ClN2O2. The number of nitrogens with one attached hydrogen (secondary N) is 2. The molecule has 0 fully saturated rings. The van der Waals surface area contributed by atoms with Gasteiger partial charge in [-0.3, -0.25) is 10.1 Å². The third-order valence-electron chi connectivity index (χ3n) is 4.41. The second-order valence-electron chi connectivity index (χ2n) is 5.81. The van der Waals surface area contributed by atoms with Crippen molar-refractivity contribution in [1.29, 1.82) is 0 Å². The van der Waals surface area contributed by atoms with Gasteiger partial charge in [0.2, 0.25) is 0 Å². The first-order valence-electron chi connectivity index (χ1n) is 7.47. The third kappa shape index (κ3) is 2.40. The largest absolute Gasteiger partial charge is 0.480 e. The predicted octanol–water partition coefficient (Wildman–Crippen LogP) is 3.51. The Morgan fingerprint density at radius 3 is 2.61 bits per heavy atom. The molecule has 1 aliphatic heterocycles. The van der Waals surface area contributed by atoms with Crippen LogP contribution in [0.2, 0.25) is 5.02 Å². The van der Waals surface area contributed by atoms with E-state index in [1.54, 1.807) is 0 Å². The van der Waals surface area contributed by atoms with Crippen LogP contribution in [-0.2, 0) is 11.2 Å². The van der Waals surface area contributed by atoms with Gasteiger partial charge in [-0.1, -0.05) is 41.9 Å². The lowest BCUT2D eigenvalue weighted by Crippen LogP contribution is -2.44. The molecule has 0 saturated heterocycles. The highest BCUT2D eigenvalue weighted by Gasteiger charge is 2.33. The summed E-state index contributed by atoms with van der Waals surface area (Å²) < 4.78 is 0. The lowest BCUT2D eigenvalue weighted by molar-refractivity contribution is -0.139. The Morgan fingerprint density at radius 2 is 1.87 bits per heavy atom. The van der Waals surface area contributed by atoms with Gasteiger partial charge in [-0.25, -0.2) is 0 Å². The van der Waals surface area contributed by atoms with Crippen LogP contribution in [-0.4, -0.2) is 22.1 Å². The van der Waals surface area contributed by atoms with E-state index in [4.69, 9.17) is 11.6 Å². The normalized spacial score (nSPS) is 20.4. The van der Waals surface area contributed by atoms with E-state index in [1.165, 1.54) is 0 Å². The quantitative estimate of drug-likeness (QED) is 0.675. The Labute approximate surface area is 138 Å². The van der Waals surface area contributed by atoms with Gasteiger partial charge in [-0.2, -0.15) is 0 Å². The van der Waals surface area contributed by atoms with Crippen molar-refractivity contribution in [3.63, 3.8) is 0 Å². The molecular weight excluding hydrogens is 312 g/mol. The van der Waals surface area contributed by atoms with Crippen molar-refractivity contribution in [2.75, 3.05) is 0 Å². The zero-order valence-electron chi connectivity index (χ0n) is 12.2. The van der Waals surface area contributed by atoms with Crippen LogP contribution < -0.4 is 5.32 Å². The van der Waals surface area contributed by atoms with Crippen LogP contribution >= 0.6 is 11.6 Å². The Morgan fingerprint density at radius 1 is 1.13 bits per heavy atom. The molecule has 2 heterocycles. The minimum Gasteiger partial charge on any atom is -0.480 e. The van der Waals surface area contributed by atoms with E-state index in [-0.39, 0.29) is 6.04 Å². The van der Waals surface area contributed by atoms with Crippen molar-refractivity contribution < 1.29 is 9.90 Å². The zero-order chi connectivity index (χ0) is 16.0. The Hall–Kier alpha value is -2.30. The van der Waals surface area contributed by atoms with Crippen molar-refractivity contribution in [1.82, 2.24) is 10.3 Å². The number of aliphatic carboxylic acids is 1. The highest BCUT2D eigenvalue weighted by atomic mass is 35.5. The Bertz CT molecular complexity index is 886. The third-order valence-corrected chi connectivity index (χ3v) is 4.66. The van der Waals surface area contributed by atoms with Gasteiger partial charge < -0.3 is 10.1 Å². The first-order chi connectivity index (χ1) is 11.1. The van der Waals surface area contributed by atoms with Gasteiger partial charge in [0.15, 0.2) is 0 Å². The number of H-pyrrole nitrogens is 1. The Balaban J connectivity index is 1.89. The fraction of sp³-hybridized carbons (Fsp3) is 0.167. The second kappa shape index (κ2) is 5.41. The lowest BCUT2D eigenvalue weighted by Gasteiger charge is -2.29. The number of rotatable bonds is 2. The summed E-state index contributed by atoms with van der Waals surface area (Å²) >= 11 is 5.97. The molecule has 116 valence electrons. The molecule has 5 heteroatoms. The number of hydrogen-bond acceptors (Lipinski definition) is 2. The maximum Gasteiger partial charge on any atom is 0.321 e. The molecule has 23 heavy (non-hydrogen) atoms. The van der Waals surface area contributed by atoms with E-state index >= 15 is 0 Å². The summed E-state index contributed by atoms with van der Waals surface area (Å²) in [5, 5.41) is 14.5. The van der Waals surface area contributed by atoms with Crippen molar-refractivity contribution in [2.24, 2.45) is 0 Å². The standard InChI is InChI=1S/C18H15ClN2O2/c19-11-7-5-10(6-8-11)16-17-13(9-15(21-16)18(22)23)12-3-1-2-4-14(12)20-17/h1-8,15-16,20-21H,9H2,(H,22,23)/t15-,16-/m0/s1. The number of halogens is 1. The monoisotopic (exact) mass is 326 g/mol. The molecule has 0 saturated carbocycles. The van der Waals surface area contributed by atoms with Crippen molar-refractivity contribution in [2.45, 2.75) is 18.5 Å². The number of carbonyl (C=O) groups is 1. The SMILES string of the molecule is O=C(O)[C@@H]1Cc2c([nH]c3ccccc23)[C@H](c2ccc(Cl)cc2)N1. The van der Waals surface area contributed by atoms with E-state index in [0.29, 0.717) is 11.4 Å². The molecule has 0 bridgehead atoms. The number of carboxylic acids is 1. The van der Waals surface area contributed by atoms with E-state index in [9.17, 15) is 9.90 Å². The van der Waals surface area contributed by atoms with E-state index in [0.717, 1.165) is 27.7 Å². The number of aromatic amines is 1. The predicted molar refractivity (Wildman–Crippen MR) is 89.9 cm³/mol. The van der Waals surface area contributed by atoms with Gasteiger partial charge in [-0.05, 0) is 29.3 Å². The Kier molecular flexibility index (Phi) is 3.36. The van der Waals surface area contributed by atoms with Crippen LogP contribution in [0.5, 0.6) is 0 Å². The molecule has 4 nitrogen and oxygen atoms in total. The van der Waals surface area contributed by atoms with Gasteiger partial charge >= 0.3 is 5.97 Å². The number of hydrogen-bond donors (Lipinski definition) is 3. The highest BCUT2D eigenvalue weighted by Crippen LogP contribution is 2.35. The lowest BCUT2D eigenvalue weighted by atomic mass is 9.90. The van der Waals surface area contributed by atoms with Crippen LogP contribution in [0, 0.1) is 0 Å². The summed E-state index contributed by atoms with van der Waals surface area (Å²) in [4.78, 5) is 15.0. The van der Waals surface area contributed by atoms with E-state index < -0.39 is 12.0 Å². The maximum atomic E-state index is 11.6. The van der Waals surface area contributed by atoms with Crippen LogP contribution in [0.3, 0.4) is 0 Å². The smallest absolute Gasteiger partial charge is 0.321 e. The summed E-state index contributed by atoms with van der Waals surface area (Å²) in [7, 11) is 0. The minimum atomic E-state index is -0.833. The van der Waals surface area contributed by atoms with Crippen LogP contribution in [0.4, 0.5) is 0 Å². The first kappa shape index (κ1) is 14.3. The highest BCUT2D eigenvalue weighted by molar-refractivity contribution is 6.30. The fourth-order valence-corrected chi connectivity index (χ4v) is 3.44. The molecule has 0 unspecified atom stereocenters. The van der Waals surface area contributed by atoms with Crippen LogP contribution in [0.1, 0.15) is 22.9 Å². The van der Waals surface area contributed by atoms with Gasteiger partial charge in [-0.15, -0.1) is 0 Å². The molecule has 2 atom stereocenters. The maximum absolute atomic E-state index is 11.6. The molecule has 1 aliphatic rings. The first-order valence-corrected chi connectivity index (χ1v) is 7.85.